The number of amides is 1. The quantitative estimate of drug-likeness (QED) is 0.420. The van der Waals surface area contributed by atoms with Gasteiger partial charge in [0.25, 0.3) is 0 Å². The molecular formula is C26H23N5O. The van der Waals surface area contributed by atoms with Gasteiger partial charge in [-0.05, 0) is 60.5 Å². The Morgan fingerprint density at radius 2 is 1.69 bits per heavy atom. The molecule has 1 amide bonds. The highest BCUT2D eigenvalue weighted by molar-refractivity contribution is 5.91. The number of hydrogen-bond donors (Lipinski definition) is 1. The Morgan fingerprint density at radius 3 is 2.47 bits per heavy atom. The van der Waals surface area contributed by atoms with Crippen LogP contribution >= 0.6 is 0 Å². The summed E-state index contributed by atoms with van der Waals surface area (Å²) in [7, 11) is 2.01. The van der Waals surface area contributed by atoms with Gasteiger partial charge < -0.3 is 9.88 Å². The molecule has 0 atom stereocenters. The zero-order valence-electron chi connectivity index (χ0n) is 17.8. The van der Waals surface area contributed by atoms with Gasteiger partial charge in [0, 0.05) is 30.9 Å². The van der Waals surface area contributed by atoms with Crippen molar-refractivity contribution >= 4 is 22.6 Å². The summed E-state index contributed by atoms with van der Waals surface area (Å²) in [5.41, 5.74) is 5.88. The number of aryl methyl sites for hydroxylation is 2. The molecule has 2 aromatic heterocycles. The van der Waals surface area contributed by atoms with Crippen molar-refractivity contribution < 1.29 is 4.79 Å². The molecule has 32 heavy (non-hydrogen) atoms. The number of hydrogen-bond acceptors (Lipinski definition) is 3. The molecule has 2 heterocycles. The molecule has 5 rings (SSSR count). The monoisotopic (exact) mass is 421 g/mol. The predicted octanol–water partition coefficient (Wildman–Crippen LogP) is 5.00. The highest BCUT2D eigenvalue weighted by Gasteiger charge is 2.10. The lowest BCUT2D eigenvalue weighted by atomic mass is 10.1. The van der Waals surface area contributed by atoms with Crippen molar-refractivity contribution in [2.45, 2.75) is 12.8 Å². The molecule has 0 saturated carbocycles. The average molecular weight is 422 g/mol. The lowest BCUT2D eigenvalue weighted by molar-refractivity contribution is -0.116. The first-order valence-electron chi connectivity index (χ1n) is 10.6. The van der Waals surface area contributed by atoms with Crippen LogP contribution in [0.4, 0.5) is 5.69 Å². The van der Waals surface area contributed by atoms with Crippen LogP contribution in [0.2, 0.25) is 0 Å². The van der Waals surface area contributed by atoms with E-state index < -0.39 is 0 Å². The molecule has 0 aliphatic heterocycles. The maximum atomic E-state index is 12.4. The fraction of sp³-hybridized carbons (Fsp3) is 0.115. The number of anilines is 1. The van der Waals surface area contributed by atoms with E-state index in [4.69, 9.17) is 4.98 Å². The van der Waals surface area contributed by atoms with E-state index in [1.807, 2.05) is 96.9 Å². The van der Waals surface area contributed by atoms with Gasteiger partial charge in [0.15, 0.2) is 0 Å². The van der Waals surface area contributed by atoms with Gasteiger partial charge in [0.2, 0.25) is 5.91 Å². The van der Waals surface area contributed by atoms with E-state index in [1.165, 1.54) is 0 Å². The minimum absolute atomic E-state index is 0.0204. The largest absolute Gasteiger partial charge is 0.327 e. The summed E-state index contributed by atoms with van der Waals surface area (Å²) >= 11 is 0. The van der Waals surface area contributed by atoms with E-state index in [-0.39, 0.29) is 5.91 Å². The molecule has 0 fully saturated rings. The molecule has 0 aliphatic rings. The van der Waals surface area contributed by atoms with Crippen molar-refractivity contribution in [2.75, 3.05) is 5.32 Å². The van der Waals surface area contributed by atoms with E-state index in [0.29, 0.717) is 12.8 Å². The first-order valence-corrected chi connectivity index (χ1v) is 10.6. The summed E-state index contributed by atoms with van der Waals surface area (Å²) < 4.78 is 3.91. The van der Waals surface area contributed by atoms with Gasteiger partial charge in [-0.25, -0.2) is 9.67 Å². The van der Waals surface area contributed by atoms with Gasteiger partial charge in [-0.2, -0.15) is 5.10 Å². The lowest BCUT2D eigenvalue weighted by Gasteiger charge is -2.07. The number of rotatable bonds is 6. The Balaban J connectivity index is 1.21. The first-order chi connectivity index (χ1) is 15.7. The topological polar surface area (TPSA) is 64.7 Å². The maximum Gasteiger partial charge on any atom is 0.224 e. The van der Waals surface area contributed by atoms with Gasteiger partial charge in [0.1, 0.15) is 5.82 Å². The molecule has 0 unspecified atom stereocenters. The summed E-state index contributed by atoms with van der Waals surface area (Å²) in [5, 5.41) is 7.36. The molecule has 0 spiro atoms. The fourth-order valence-electron chi connectivity index (χ4n) is 3.80. The maximum absolute atomic E-state index is 12.4. The Labute approximate surface area is 186 Å². The van der Waals surface area contributed by atoms with Gasteiger partial charge >= 0.3 is 0 Å². The number of imidazole rings is 1. The number of fused-ring (bicyclic) bond motifs is 1. The summed E-state index contributed by atoms with van der Waals surface area (Å²) in [6.07, 6.45) is 4.81. The first kappa shape index (κ1) is 19.8. The van der Waals surface area contributed by atoms with E-state index in [0.717, 1.165) is 39.4 Å². The van der Waals surface area contributed by atoms with Crippen LogP contribution in [0.1, 0.15) is 12.0 Å². The van der Waals surface area contributed by atoms with Crippen molar-refractivity contribution in [1.29, 1.82) is 0 Å². The molecule has 0 radical (unpaired) electrons. The number of nitrogens with one attached hydrogen (secondary N) is 1. The smallest absolute Gasteiger partial charge is 0.224 e. The Kier molecular flexibility index (Phi) is 5.25. The highest BCUT2D eigenvalue weighted by Crippen LogP contribution is 2.24. The van der Waals surface area contributed by atoms with E-state index in [2.05, 4.69) is 21.0 Å². The molecule has 5 aromatic rings. The molecule has 6 nitrogen and oxygen atoms in total. The third-order valence-electron chi connectivity index (χ3n) is 5.51. The normalized spacial score (nSPS) is 11.0. The molecule has 158 valence electrons. The van der Waals surface area contributed by atoms with Crippen LogP contribution in [0, 0.1) is 0 Å². The summed E-state index contributed by atoms with van der Waals surface area (Å²) in [6.45, 7) is 0. The zero-order chi connectivity index (χ0) is 21.9. The van der Waals surface area contributed by atoms with Gasteiger partial charge in [-0.3, -0.25) is 4.79 Å². The highest BCUT2D eigenvalue weighted by atomic mass is 16.1. The average Bonchev–Trinajstić information content (AvgIpc) is 3.44. The zero-order valence-corrected chi connectivity index (χ0v) is 17.8. The minimum Gasteiger partial charge on any atom is -0.327 e. The SMILES string of the molecule is Cn1c(-c2ccc(NC(=O)CCc3cnn(-c4ccccc4)c3)cc2)nc2ccccc21. The standard InChI is InChI=1S/C26H23N5O/c1-30-24-10-6-5-9-23(24)29-26(30)20-12-14-21(15-13-20)28-25(32)16-11-19-17-27-31(18-19)22-7-3-2-4-8-22/h2-10,12-15,17-18H,11,16H2,1H3,(H,28,32). The van der Waals surface area contributed by atoms with Crippen LogP contribution in [0.5, 0.6) is 0 Å². The molecule has 0 bridgehead atoms. The van der Waals surface area contributed by atoms with Crippen molar-refractivity contribution in [3.8, 4) is 17.1 Å². The fourth-order valence-corrected chi connectivity index (χ4v) is 3.80. The summed E-state index contributed by atoms with van der Waals surface area (Å²) in [6, 6.07) is 25.8. The number of aromatic nitrogens is 4. The molecule has 3 aromatic carbocycles. The number of carbonyl (C=O) groups excluding carboxylic acids is 1. The van der Waals surface area contributed by atoms with Crippen LogP contribution in [-0.4, -0.2) is 25.2 Å². The molecule has 6 heteroatoms. The van der Waals surface area contributed by atoms with E-state index in [9.17, 15) is 4.79 Å². The van der Waals surface area contributed by atoms with Crippen LogP contribution in [0.15, 0.2) is 91.3 Å². The van der Waals surface area contributed by atoms with Crippen molar-refractivity contribution in [1.82, 2.24) is 19.3 Å². The Hall–Kier alpha value is -4.19. The molecule has 0 saturated heterocycles. The van der Waals surface area contributed by atoms with Crippen LogP contribution in [0.3, 0.4) is 0 Å². The van der Waals surface area contributed by atoms with Crippen molar-refractivity contribution in [3.05, 3.63) is 96.8 Å². The number of benzene rings is 3. The van der Waals surface area contributed by atoms with Crippen molar-refractivity contribution in [2.24, 2.45) is 7.05 Å². The van der Waals surface area contributed by atoms with E-state index in [1.54, 1.807) is 0 Å². The molecular weight excluding hydrogens is 398 g/mol. The number of carbonyl (C=O) groups is 1. The number of nitrogens with zero attached hydrogens (tertiary/aromatic N) is 4. The second-order valence-electron chi connectivity index (χ2n) is 7.74. The van der Waals surface area contributed by atoms with Crippen LogP contribution in [-0.2, 0) is 18.3 Å². The number of para-hydroxylation sites is 3. The van der Waals surface area contributed by atoms with Gasteiger partial charge in [-0.15, -0.1) is 0 Å². The Bertz CT molecular complexity index is 1370. The predicted molar refractivity (Wildman–Crippen MR) is 127 cm³/mol. The summed E-state index contributed by atoms with van der Waals surface area (Å²) in [5.74, 6) is 0.882. The molecule has 1 N–H and O–H groups in total. The van der Waals surface area contributed by atoms with Crippen molar-refractivity contribution in [3.63, 3.8) is 0 Å². The third kappa shape index (κ3) is 4.03. The van der Waals surface area contributed by atoms with Gasteiger partial charge in [0.05, 0.1) is 22.9 Å². The van der Waals surface area contributed by atoms with Crippen LogP contribution in [0.25, 0.3) is 28.1 Å². The summed E-state index contributed by atoms with van der Waals surface area (Å²) in [4.78, 5) is 17.2. The third-order valence-corrected chi connectivity index (χ3v) is 5.51. The molecule has 0 aliphatic carbocycles. The van der Waals surface area contributed by atoms with Gasteiger partial charge in [-0.1, -0.05) is 30.3 Å². The second kappa shape index (κ2) is 8.51. The van der Waals surface area contributed by atoms with E-state index >= 15 is 0 Å². The Morgan fingerprint density at radius 1 is 0.938 bits per heavy atom. The lowest BCUT2D eigenvalue weighted by Crippen LogP contribution is -2.12. The van der Waals surface area contributed by atoms with Crippen LogP contribution < -0.4 is 5.32 Å². The minimum atomic E-state index is -0.0204. The second-order valence-corrected chi connectivity index (χ2v) is 7.74.